The molecule has 2 aromatic heterocycles. The Labute approximate surface area is 193 Å². The topological polar surface area (TPSA) is 120 Å². The quantitative estimate of drug-likeness (QED) is 0.535. The van der Waals surface area contributed by atoms with Crippen LogP contribution in [0.5, 0.6) is 5.75 Å². The van der Waals surface area contributed by atoms with Gasteiger partial charge in [-0.2, -0.15) is 0 Å². The summed E-state index contributed by atoms with van der Waals surface area (Å²) < 4.78 is 12.9. The van der Waals surface area contributed by atoms with Crippen molar-refractivity contribution in [1.82, 2.24) is 24.9 Å². The first kappa shape index (κ1) is 24.5. The molecular weight excluding hydrogens is 426 g/mol. The number of aryl methyl sites for hydroxylation is 1. The molecule has 2 atom stereocenters. The van der Waals surface area contributed by atoms with Crippen LogP contribution in [0.1, 0.15) is 57.6 Å². The number of ether oxygens (including phenoxy) is 2. The van der Waals surface area contributed by atoms with E-state index in [4.69, 9.17) is 9.47 Å². The normalized spacial score (nSPS) is 18.0. The summed E-state index contributed by atoms with van der Waals surface area (Å²) in [6.07, 6.45) is 6.92. The van der Waals surface area contributed by atoms with Crippen molar-refractivity contribution in [2.75, 3.05) is 13.7 Å². The molecule has 180 valence electrons. The molecule has 1 fully saturated rings. The van der Waals surface area contributed by atoms with Crippen LogP contribution in [0.4, 0.5) is 4.79 Å². The first-order chi connectivity index (χ1) is 15.9. The van der Waals surface area contributed by atoms with Gasteiger partial charge in [0.2, 0.25) is 0 Å². The molecule has 2 aromatic rings. The number of aromatic nitrogens is 4. The molecule has 10 heteroatoms. The van der Waals surface area contributed by atoms with Crippen molar-refractivity contribution in [2.45, 2.75) is 64.5 Å². The van der Waals surface area contributed by atoms with Crippen molar-refractivity contribution >= 4 is 12.1 Å². The third-order valence-electron chi connectivity index (χ3n) is 5.87. The number of hydrogen-bond donors (Lipinski definition) is 1. The van der Waals surface area contributed by atoms with Crippen molar-refractivity contribution in [3.8, 4) is 17.1 Å². The summed E-state index contributed by atoms with van der Waals surface area (Å²) in [6, 6.07) is 3.60. The molecule has 2 heterocycles. The van der Waals surface area contributed by atoms with Gasteiger partial charge in [-0.05, 0) is 44.2 Å². The number of aliphatic carboxylic acids is 1. The maximum Gasteiger partial charge on any atom is 0.409 e. The molecule has 0 aliphatic heterocycles. The molecule has 0 unspecified atom stereocenters. The van der Waals surface area contributed by atoms with Crippen molar-refractivity contribution in [3.63, 3.8) is 0 Å². The zero-order valence-electron chi connectivity index (χ0n) is 19.6. The SMILES string of the molecule is CCCCCOC(=O)N(C)Cc1c(-c2ccc(O[C@H]3CCC[C@H](C(=O)O)C3)cn2)nnn1C. The molecule has 1 saturated carbocycles. The fourth-order valence-electron chi connectivity index (χ4n) is 3.92. The minimum atomic E-state index is -0.762. The lowest BCUT2D eigenvalue weighted by Gasteiger charge is -2.27. The van der Waals surface area contributed by atoms with E-state index in [1.165, 1.54) is 4.90 Å². The van der Waals surface area contributed by atoms with Crippen LogP contribution >= 0.6 is 0 Å². The number of carboxylic acid groups (broad SMARTS) is 1. The number of rotatable bonds is 10. The summed E-state index contributed by atoms with van der Waals surface area (Å²) in [4.78, 5) is 29.5. The molecule has 0 saturated heterocycles. The van der Waals surface area contributed by atoms with E-state index in [0.29, 0.717) is 36.6 Å². The molecular formula is C23H33N5O5. The lowest BCUT2D eigenvalue weighted by Crippen LogP contribution is -2.29. The predicted octanol–water partition coefficient (Wildman–Crippen LogP) is 3.66. The van der Waals surface area contributed by atoms with Crippen LogP contribution in [0.15, 0.2) is 18.3 Å². The van der Waals surface area contributed by atoms with Crippen LogP contribution in [0.25, 0.3) is 11.4 Å². The lowest BCUT2D eigenvalue weighted by atomic mass is 9.87. The molecule has 33 heavy (non-hydrogen) atoms. The molecule has 1 aliphatic rings. The Hall–Kier alpha value is -3.17. The van der Waals surface area contributed by atoms with Gasteiger partial charge >= 0.3 is 12.1 Å². The molecule has 0 spiro atoms. The Morgan fingerprint density at radius 3 is 2.79 bits per heavy atom. The molecule has 0 aromatic carbocycles. The molecule has 0 bridgehead atoms. The molecule has 3 rings (SSSR count). The second kappa shape index (κ2) is 11.6. The Morgan fingerprint density at radius 1 is 1.27 bits per heavy atom. The van der Waals surface area contributed by atoms with E-state index in [1.54, 1.807) is 37.1 Å². The maximum absolute atomic E-state index is 12.3. The molecule has 0 radical (unpaired) electrons. The number of hydrogen-bond acceptors (Lipinski definition) is 7. The second-order valence-corrected chi connectivity index (χ2v) is 8.51. The highest BCUT2D eigenvalue weighted by Gasteiger charge is 2.28. The van der Waals surface area contributed by atoms with Crippen LogP contribution in [0, 0.1) is 5.92 Å². The summed E-state index contributed by atoms with van der Waals surface area (Å²) in [6.45, 7) is 2.79. The Balaban J connectivity index is 1.62. The van der Waals surface area contributed by atoms with E-state index in [0.717, 1.165) is 37.8 Å². The summed E-state index contributed by atoms with van der Waals surface area (Å²) in [5, 5.41) is 17.6. The van der Waals surface area contributed by atoms with Crippen molar-refractivity contribution in [3.05, 3.63) is 24.0 Å². The monoisotopic (exact) mass is 459 g/mol. The average molecular weight is 460 g/mol. The van der Waals surface area contributed by atoms with Crippen molar-refractivity contribution in [2.24, 2.45) is 13.0 Å². The van der Waals surface area contributed by atoms with Gasteiger partial charge in [-0.3, -0.25) is 9.78 Å². The Morgan fingerprint density at radius 2 is 2.09 bits per heavy atom. The standard InChI is InChI=1S/C23H33N5O5/c1-4-5-6-12-32-23(31)27(2)15-20-21(25-26-28(20)3)19-11-10-18(14-24-19)33-17-9-7-8-16(13-17)22(29)30/h10-11,14,16-17H,4-9,12-13,15H2,1-3H3,(H,29,30)/t16-,17-/m0/s1. The number of unbranched alkanes of at least 4 members (excludes halogenated alkanes) is 2. The summed E-state index contributed by atoms with van der Waals surface area (Å²) >= 11 is 0. The predicted molar refractivity (Wildman–Crippen MR) is 121 cm³/mol. The minimum absolute atomic E-state index is 0.128. The number of carbonyl (C=O) groups excluding carboxylic acids is 1. The Bertz CT molecular complexity index is 930. The van der Waals surface area contributed by atoms with Gasteiger partial charge in [0.15, 0.2) is 0 Å². The van der Waals surface area contributed by atoms with Gasteiger partial charge in [-0.25, -0.2) is 9.48 Å². The molecule has 1 N–H and O–H groups in total. The van der Waals surface area contributed by atoms with Gasteiger partial charge < -0.3 is 19.5 Å². The summed E-state index contributed by atoms with van der Waals surface area (Å²) in [5.41, 5.74) is 1.93. The lowest BCUT2D eigenvalue weighted by molar-refractivity contribution is -0.143. The van der Waals surface area contributed by atoms with E-state index in [2.05, 4.69) is 22.2 Å². The average Bonchev–Trinajstić information content (AvgIpc) is 3.17. The van der Waals surface area contributed by atoms with E-state index >= 15 is 0 Å². The number of pyridine rings is 1. The van der Waals surface area contributed by atoms with Crippen LogP contribution in [-0.2, 0) is 23.1 Å². The highest BCUT2D eigenvalue weighted by molar-refractivity contribution is 5.70. The number of nitrogens with zero attached hydrogens (tertiary/aromatic N) is 5. The third kappa shape index (κ3) is 6.66. The van der Waals surface area contributed by atoms with Gasteiger partial charge in [0.05, 0.1) is 42.8 Å². The first-order valence-corrected chi connectivity index (χ1v) is 11.5. The van der Waals surface area contributed by atoms with Crippen LogP contribution in [0.2, 0.25) is 0 Å². The van der Waals surface area contributed by atoms with E-state index in [9.17, 15) is 14.7 Å². The second-order valence-electron chi connectivity index (χ2n) is 8.51. The van der Waals surface area contributed by atoms with Gasteiger partial charge in [0.1, 0.15) is 11.4 Å². The maximum atomic E-state index is 12.3. The van der Waals surface area contributed by atoms with Gasteiger partial charge in [0, 0.05) is 14.1 Å². The van der Waals surface area contributed by atoms with Crippen LogP contribution < -0.4 is 4.74 Å². The number of carboxylic acids is 1. The van der Waals surface area contributed by atoms with E-state index in [-0.39, 0.29) is 24.7 Å². The minimum Gasteiger partial charge on any atom is -0.489 e. The van der Waals surface area contributed by atoms with Gasteiger partial charge in [0.25, 0.3) is 0 Å². The Kier molecular flexibility index (Phi) is 8.62. The van der Waals surface area contributed by atoms with Crippen LogP contribution in [-0.4, -0.2) is 61.8 Å². The largest absolute Gasteiger partial charge is 0.489 e. The van der Waals surface area contributed by atoms with Crippen LogP contribution in [0.3, 0.4) is 0 Å². The number of carbonyl (C=O) groups is 2. The van der Waals surface area contributed by atoms with Gasteiger partial charge in [-0.1, -0.05) is 25.0 Å². The fraction of sp³-hybridized carbons (Fsp3) is 0.609. The van der Waals surface area contributed by atoms with Crippen molar-refractivity contribution in [1.29, 1.82) is 0 Å². The summed E-state index contributed by atoms with van der Waals surface area (Å²) in [7, 11) is 3.45. The summed E-state index contributed by atoms with van der Waals surface area (Å²) in [5.74, 6) is -0.525. The van der Waals surface area contributed by atoms with Crippen molar-refractivity contribution < 1.29 is 24.2 Å². The zero-order chi connectivity index (χ0) is 23.8. The van der Waals surface area contributed by atoms with E-state index < -0.39 is 5.97 Å². The fourth-order valence-corrected chi connectivity index (χ4v) is 3.92. The molecule has 1 amide bonds. The highest BCUT2D eigenvalue weighted by atomic mass is 16.6. The highest BCUT2D eigenvalue weighted by Crippen LogP contribution is 2.29. The molecule has 1 aliphatic carbocycles. The third-order valence-corrected chi connectivity index (χ3v) is 5.87. The zero-order valence-corrected chi connectivity index (χ0v) is 19.6. The smallest absolute Gasteiger partial charge is 0.409 e. The number of amides is 1. The molecule has 10 nitrogen and oxygen atoms in total. The van der Waals surface area contributed by atoms with Gasteiger partial charge in [-0.15, -0.1) is 5.10 Å². The first-order valence-electron chi connectivity index (χ1n) is 11.5. The van der Waals surface area contributed by atoms with E-state index in [1.807, 2.05) is 0 Å².